The van der Waals surface area contributed by atoms with Crippen molar-refractivity contribution in [1.29, 1.82) is 0 Å². The lowest BCUT2D eigenvalue weighted by molar-refractivity contribution is -0.117. The number of halogens is 1. The second-order valence-electron chi connectivity index (χ2n) is 7.30. The van der Waals surface area contributed by atoms with Crippen LogP contribution in [0.25, 0.3) is 10.9 Å². The predicted molar refractivity (Wildman–Crippen MR) is 129 cm³/mol. The van der Waals surface area contributed by atoms with Gasteiger partial charge in [0.05, 0.1) is 16.7 Å². The van der Waals surface area contributed by atoms with E-state index in [4.69, 9.17) is 11.6 Å². The van der Waals surface area contributed by atoms with Gasteiger partial charge in [-0.3, -0.25) is 19.0 Å². The first kappa shape index (κ1) is 22.1. The Bertz CT molecular complexity index is 1270. The van der Waals surface area contributed by atoms with Crippen LogP contribution in [0.15, 0.2) is 65.1 Å². The number of amides is 2. The zero-order chi connectivity index (χ0) is 22.7. The summed E-state index contributed by atoms with van der Waals surface area (Å²) in [6, 6.07) is 12.1. The van der Waals surface area contributed by atoms with Crippen molar-refractivity contribution in [2.24, 2.45) is 0 Å². The Hall–Kier alpha value is -3.10. The fourth-order valence-corrected chi connectivity index (χ4v) is 4.55. The van der Waals surface area contributed by atoms with Crippen molar-refractivity contribution in [3.8, 4) is 0 Å². The second kappa shape index (κ2) is 9.58. The Morgan fingerprint density at radius 1 is 1.25 bits per heavy atom. The molecule has 32 heavy (non-hydrogen) atoms. The molecule has 4 rings (SSSR count). The van der Waals surface area contributed by atoms with Crippen LogP contribution in [-0.2, 0) is 16.1 Å². The number of aromatic nitrogens is 2. The molecular formula is C23H21ClN4O3S. The third-order valence-corrected chi connectivity index (χ3v) is 6.25. The van der Waals surface area contributed by atoms with E-state index in [1.54, 1.807) is 47.4 Å². The molecule has 0 unspecified atom stereocenters. The van der Waals surface area contributed by atoms with Crippen LogP contribution in [-0.4, -0.2) is 33.7 Å². The van der Waals surface area contributed by atoms with Gasteiger partial charge in [0.25, 0.3) is 5.56 Å². The SMILES string of the molecule is C=CCn1c(SCC(=O)Nc2cccc(N3CCCC3=O)c2)nc2cc(Cl)ccc2c1=O. The number of carbonyl (C=O) groups excluding carboxylic acids is 2. The maximum atomic E-state index is 12.9. The van der Waals surface area contributed by atoms with Crippen LogP contribution in [0.3, 0.4) is 0 Å². The summed E-state index contributed by atoms with van der Waals surface area (Å²) in [4.78, 5) is 43.7. The maximum absolute atomic E-state index is 12.9. The van der Waals surface area contributed by atoms with Gasteiger partial charge >= 0.3 is 0 Å². The van der Waals surface area contributed by atoms with E-state index in [1.807, 2.05) is 6.07 Å². The largest absolute Gasteiger partial charge is 0.325 e. The summed E-state index contributed by atoms with van der Waals surface area (Å²) >= 11 is 7.21. The highest BCUT2D eigenvalue weighted by molar-refractivity contribution is 7.99. The Labute approximate surface area is 194 Å². The predicted octanol–water partition coefficient (Wildman–Crippen LogP) is 4.09. The van der Waals surface area contributed by atoms with Crippen LogP contribution in [0, 0.1) is 0 Å². The third-order valence-electron chi connectivity index (χ3n) is 5.04. The minimum Gasteiger partial charge on any atom is -0.325 e. The number of thioether (sulfide) groups is 1. The molecule has 1 fully saturated rings. The molecule has 3 aromatic rings. The highest BCUT2D eigenvalue weighted by atomic mass is 35.5. The molecule has 1 aromatic heterocycles. The molecule has 0 radical (unpaired) electrons. The molecule has 2 aromatic carbocycles. The van der Waals surface area contributed by atoms with E-state index in [1.165, 1.54) is 4.57 Å². The van der Waals surface area contributed by atoms with Gasteiger partial charge in [0.15, 0.2) is 5.16 Å². The fourth-order valence-electron chi connectivity index (χ4n) is 3.57. The summed E-state index contributed by atoms with van der Waals surface area (Å²) < 4.78 is 1.49. The number of anilines is 2. The summed E-state index contributed by atoms with van der Waals surface area (Å²) in [5.74, 6) is -0.0973. The average Bonchev–Trinajstić information content (AvgIpc) is 3.20. The lowest BCUT2D eigenvalue weighted by Gasteiger charge is -2.17. The van der Waals surface area contributed by atoms with Crippen molar-refractivity contribution in [3.63, 3.8) is 0 Å². The number of hydrogen-bond acceptors (Lipinski definition) is 5. The van der Waals surface area contributed by atoms with Gasteiger partial charge < -0.3 is 10.2 Å². The molecule has 164 valence electrons. The van der Waals surface area contributed by atoms with E-state index < -0.39 is 0 Å². The summed E-state index contributed by atoms with van der Waals surface area (Å²) in [6.45, 7) is 4.67. The van der Waals surface area contributed by atoms with E-state index in [2.05, 4.69) is 16.9 Å². The minimum atomic E-state index is -0.245. The van der Waals surface area contributed by atoms with Gasteiger partial charge in [-0.15, -0.1) is 6.58 Å². The number of allylic oxidation sites excluding steroid dienone is 1. The molecule has 0 spiro atoms. The van der Waals surface area contributed by atoms with Gasteiger partial charge in [-0.1, -0.05) is 35.5 Å². The number of rotatable bonds is 7. The lowest BCUT2D eigenvalue weighted by atomic mass is 10.2. The molecule has 9 heteroatoms. The molecule has 1 aliphatic rings. The van der Waals surface area contributed by atoms with Gasteiger partial charge in [0, 0.05) is 35.9 Å². The number of carbonyl (C=O) groups is 2. The number of benzene rings is 2. The maximum Gasteiger partial charge on any atom is 0.262 e. The highest BCUT2D eigenvalue weighted by Gasteiger charge is 2.22. The molecule has 0 saturated carbocycles. The van der Waals surface area contributed by atoms with Gasteiger partial charge in [0.2, 0.25) is 11.8 Å². The van der Waals surface area contributed by atoms with Crippen molar-refractivity contribution in [2.45, 2.75) is 24.5 Å². The second-order valence-corrected chi connectivity index (χ2v) is 8.68. The normalized spacial score (nSPS) is 13.5. The van der Waals surface area contributed by atoms with Crippen LogP contribution >= 0.6 is 23.4 Å². The molecule has 2 amide bonds. The fraction of sp³-hybridized carbons (Fsp3) is 0.217. The molecule has 0 aliphatic carbocycles. The summed E-state index contributed by atoms with van der Waals surface area (Å²) in [7, 11) is 0. The summed E-state index contributed by atoms with van der Waals surface area (Å²) in [6.07, 6.45) is 2.99. The zero-order valence-electron chi connectivity index (χ0n) is 17.2. The van der Waals surface area contributed by atoms with Crippen molar-refractivity contribution < 1.29 is 9.59 Å². The first-order valence-electron chi connectivity index (χ1n) is 10.1. The third kappa shape index (κ3) is 4.71. The van der Waals surface area contributed by atoms with Gasteiger partial charge in [-0.2, -0.15) is 0 Å². The molecule has 0 atom stereocenters. The van der Waals surface area contributed by atoms with Crippen LogP contribution in [0.1, 0.15) is 12.8 Å². The van der Waals surface area contributed by atoms with Crippen molar-refractivity contribution >= 4 is 57.5 Å². The standard InChI is InChI=1S/C23H21ClN4O3S/c1-2-10-28-22(31)18-9-8-15(24)12-19(18)26-23(28)32-14-20(29)25-16-5-3-6-17(13-16)27-11-4-7-21(27)30/h2-3,5-6,8-9,12-13H,1,4,7,10-11,14H2,(H,25,29). The van der Waals surface area contributed by atoms with Gasteiger partial charge in [-0.25, -0.2) is 4.98 Å². The van der Waals surface area contributed by atoms with Crippen LogP contribution in [0.4, 0.5) is 11.4 Å². The van der Waals surface area contributed by atoms with Crippen molar-refractivity contribution in [1.82, 2.24) is 9.55 Å². The molecule has 2 heterocycles. The number of nitrogens with zero attached hydrogens (tertiary/aromatic N) is 3. The van der Waals surface area contributed by atoms with Crippen LogP contribution in [0.5, 0.6) is 0 Å². The highest BCUT2D eigenvalue weighted by Crippen LogP contribution is 2.25. The first-order chi connectivity index (χ1) is 15.5. The molecule has 0 bridgehead atoms. The minimum absolute atomic E-state index is 0.0581. The van der Waals surface area contributed by atoms with Crippen LogP contribution < -0.4 is 15.8 Å². The number of nitrogens with one attached hydrogen (secondary N) is 1. The molecule has 1 N–H and O–H groups in total. The van der Waals surface area contributed by atoms with E-state index in [0.29, 0.717) is 39.7 Å². The Morgan fingerprint density at radius 2 is 2.09 bits per heavy atom. The molecular weight excluding hydrogens is 448 g/mol. The van der Waals surface area contributed by atoms with Crippen molar-refractivity contribution in [3.05, 3.63) is 70.5 Å². The van der Waals surface area contributed by atoms with E-state index in [9.17, 15) is 14.4 Å². The van der Waals surface area contributed by atoms with E-state index in [0.717, 1.165) is 23.9 Å². The van der Waals surface area contributed by atoms with Crippen LogP contribution in [0.2, 0.25) is 5.02 Å². The molecule has 1 saturated heterocycles. The molecule has 1 aliphatic heterocycles. The van der Waals surface area contributed by atoms with Gasteiger partial charge in [0.1, 0.15) is 0 Å². The quantitative estimate of drug-likeness (QED) is 0.320. The monoisotopic (exact) mass is 468 g/mol. The number of fused-ring (bicyclic) bond motifs is 1. The van der Waals surface area contributed by atoms with Crippen molar-refractivity contribution in [2.75, 3.05) is 22.5 Å². The molecule has 7 nitrogen and oxygen atoms in total. The van der Waals surface area contributed by atoms with Gasteiger partial charge in [-0.05, 0) is 42.8 Å². The first-order valence-corrected chi connectivity index (χ1v) is 11.5. The van der Waals surface area contributed by atoms with E-state index in [-0.39, 0.29) is 29.7 Å². The zero-order valence-corrected chi connectivity index (χ0v) is 18.8. The Morgan fingerprint density at radius 3 is 2.84 bits per heavy atom. The summed E-state index contributed by atoms with van der Waals surface area (Å²) in [5, 5.41) is 4.20. The Balaban J connectivity index is 1.50. The summed E-state index contributed by atoms with van der Waals surface area (Å²) in [5.41, 5.74) is 1.64. The lowest BCUT2D eigenvalue weighted by Crippen LogP contribution is -2.24. The van der Waals surface area contributed by atoms with E-state index >= 15 is 0 Å². The number of hydrogen-bond donors (Lipinski definition) is 1. The smallest absolute Gasteiger partial charge is 0.262 e. The topological polar surface area (TPSA) is 84.3 Å². The average molecular weight is 469 g/mol. The Kier molecular flexibility index (Phi) is 6.62.